The second-order valence-electron chi connectivity index (χ2n) is 11.2. The van der Waals surface area contributed by atoms with Gasteiger partial charge in [-0.2, -0.15) is 0 Å². The summed E-state index contributed by atoms with van der Waals surface area (Å²) in [5.74, 6) is -0.326. The molecule has 0 saturated carbocycles. The highest BCUT2D eigenvalue weighted by molar-refractivity contribution is 8.00. The maximum atomic E-state index is 13.8. The first-order valence-electron chi connectivity index (χ1n) is 14.1. The largest absolute Gasteiger partial charge is 0.381 e. The molecule has 42 heavy (non-hydrogen) atoms. The molecule has 1 aliphatic heterocycles. The Bertz CT molecular complexity index is 1380. The number of carbonyl (C=O) groups excluding carboxylic acids is 3. The Labute approximate surface area is 257 Å². The number of Topliss-reactive ketones (excluding diaryl/α,β-unsaturated/α-hetero) is 1. The number of aliphatic hydroxyl groups excluding tert-OH is 1. The normalized spacial score (nSPS) is 17.4. The molecule has 0 aliphatic carbocycles. The molecule has 7 nitrogen and oxygen atoms in total. The van der Waals surface area contributed by atoms with Crippen molar-refractivity contribution in [2.24, 2.45) is 0 Å². The van der Waals surface area contributed by atoms with Crippen LogP contribution in [0, 0.1) is 6.92 Å². The third-order valence-electron chi connectivity index (χ3n) is 7.65. The summed E-state index contributed by atoms with van der Waals surface area (Å²) in [6, 6.07) is 22.3. The summed E-state index contributed by atoms with van der Waals surface area (Å²) in [4.78, 5) is 41.8. The standard InChI is InChI=1S/C33H38ClN3O4S/c1-22-9-7-8-12-25(22)15-18-28(38)30-33(2,3)42-21-37(30)31(40)29(39)27(19-23-10-5-4-6-11-23)36-32(41)35-20-24-13-16-26(34)17-14-24/h4-14,16-17,27,29-30,39H,15,18-21H2,1-3H3,(H2,35,36,41)/t27?,29-,30?/m0/s1. The predicted molar refractivity (Wildman–Crippen MR) is 168 cm³/mol. The topological polar surface area (TPSA) is 98.7 Å². The van der Waals surface area contributed by atoms with Crippen LogP contribution in [0.15, 0.2) is 78.9 Å². The Morgan fingerprint density at radius 2 is 1.67 bits per heavy atom. The third kappa shape index (κ3) is 8.15. The number of urea groups is 1. The molecule has 4 rings (SSSR count). The molecule has 3 N–H and O–H groups in total. The van der Waals surface area contributed by atoms with E-state index < -0.39 is 34.9 Å². The summed E-state index contributed by atoms with van der Waals surface area (Å²) >= 11 is 7.47. The van der Waals surface area contributed by atoms with Crippen molar-refractivity contribution in [2.75, 3.05) is 5.88 Å². The molecule has 9 heteroatoms. The summed E-state index contributed by atoms with van der Waals surface area (Å²) in [6.45, 7) is 6.18. The molecular formula is C33H38ClN3O4S. The molecule has 1 aliphatic rings. The number of nitrogens with zero attached hydrogens (tertiary/aromatic N) is 1. The zero-order valence-corrected chi connectivity index (χ0v) is 25.8. The number of benzene rings is 3. The Morgan fingerprint density at radius 1 is 1.00 bits per heavy atom. The van der Waals surface area contributed by atoms with Crippen molar-refractivity contribution in [1.82, 2.24) is 15.5 Å². The molecule has 2 unspecified atom stereocenters. The predicted octanol–water partition coefficient (Wildman–Crippen LogP) is 5.30. The minimum Gasteiger partial charge on any atom is -0.381 e. The molecule has 1 fully saturated rings. The number of hydrogen-bond acceptors (Lipinski definition) is 5. The Kier molecular flexibility index (Phi) is 10.7. The molecule has 3 aromatic rings. The second kappa shape index (κ2) is 14.2. The van der Waals surface area contributed by atoms with E-state index in [9.17, 15) is 19.5 Å². The summed E-state index contributed by atoms with van der Waals surface area (Å²) in [5.41, 5.74) is 3.94. The number of rotatable bonds is 11. The Balaban J connectivity index is 1.47. The number of ketones is 1. The third-order valence-corrected chi connectivity index (χ3v) is 9.28. The second-order valence-corrected chi connectivity index (χ2v) is 13.2. The number of nitrogens with one attached hydrogen (secondary N) is 2. The lowest BCUT2D eigenvalue weighted by molar-refractivity contribution is -0.146. The van der Waals surface area contributed by atoms with Gasteiger partial charge in [0.25, 0.3) is 5.91 Å². The van der Waals surface area contributed by atoms with E-state index in [0.29, 0.717) is 11.4 Å². The molecule has 0 radical (unpaired) electrons. The highest BCUT2D eigenvalue weighted by atomic mass is 35.5. The quantitative estimate of drug-likeness (QED) is 0.275. The first-order valence-corrected chi connectivity index (χ1v) is 15.4. The Hall–Kier alpha value is -3.33. The van der Waals surface area contributed by atoms with E-state index in [2.05, 4.69) is 10.6 Å². The van der Waals surface area contributed by atoms with Gasteiger partial charge in [-0.3, -0.25) is 9.59 Å². The van der Waals surface area contributed by atoms with Gasteiger partial charge in [0.15, 0.2) is 11.9 Å². The summed E-state index contributed by atoms with van der Waals surface area (Å²) < 4.78 is -0.517. The van der Waals surface area contributed by atoms with Crippen LogP contribution in [0.5, 0.6) is 0 Å². The van der Waals surface area contributed by atoms with Gasteiger partial charge in [0.1, 0.15) is 6.04 Å². The van der Waals surface area contributed by atoms with Crippen LogP contribution in [-0.2, 0) is 29.0 Å². The van der Waals surface area contributed by atoms with E-state index in [0.717, 1.165) is 22.3 Å². The van der Waals surface area contributed by atoms with E-state index in [4.69, 9.17) is 11.6 Å². The lowest BCUT2D eigenvalue weighted by Crippen LogP contribution is -2.57. The smallest absolute Gasteiger partial charge is 0.315 e. The maximum Gasteiger partial charge on any atom is 0.315 e. The van der Waals surface area contributed by atoms with Crippen LogP contribution in [0.4, 0.5) is 4.79 Å². The van der Waals surface area contributed by atoms with Gasteiger partial charge in [0.05, 0.1) is 11.9 Å². The average Bonchev–Trinajstić information content (AvgIpc) is 3.30. The fraction of sp³-hybridized carbons (Fsp3) is 0.364. The van der Waals surface area contributed by atoms with Gasteiger partial charge in [0, 0.05) is 22.7 Å². The van der Waals surface area contributed by atoms with Crippen LogP contribution < -0.4 is 10.6 Å². The maximum absolute atomic E-state index is 13.8. The molecule has 0 bridgehead atoms. The van der Waals surface area contributed by atoms with Gasteiger partial charge in [-0.1, -0.05) is 78.3 Å². The average molecular weight is 608 g/mol. The van der Waals surface area contributed by atoms with Gasteiger partial charge < -0.3 is 20.6 Å². The van der Waals surface area contributed by atoms with Gasteiger partial charge in [-0.15, -0.1) is 11.8 Å². The molecule has 1 heterocycles. The lowest BCUT2D eigenvalue weighted by Gasteiger charge is -2.33. The van der Waals surface area contributed by atoms with Crippen molar-refractivity contribution < 1.29 is 19.5 Å². The number of aryl methyl sites for hydroxylation is 2. The van der Waals surface area contributed by atoms with Crippen molar-refractivity contribution in [2.45, 2.75) is 69.5 Å². The monoisotopic (exact) mass is 607 g/mol. The first-order chi connectivity index (χ1) is 20.0. The highest BCUT2D eigenvalue weighted by Gasteiger charge is 2.49. The zero-order valence-electron chi connectivity index (χ0n) is 24.2. The number of hydrogen-bond donors (Lipinski definition) is 3. The number of amides is 3. The van der Waals surface area contributed by atoms with Crippen LogP contribution in [-0.4, -0.2) is 56.5 Å². The minimum atomic E-state index is -1.55. The summed E-state index contributed by atoms with van der Waals surface area (Å²) in [7, 11) is 0. The Morgan fingerprint density at radius 3 is 2.36 bits per heavy atom. The molecular weight excluding hydrogens is 570 g/mol. The van der Waals surface area contributed by atoms with E-state index in [1.165, 1.54) is 16.7 Å². The van der Waals surface area contributed by atoms with E-state index in [-0.39, 0.29) is 31.0 Å². The van der Waals surface area contributed by atoms with Crippen molar-refractivity contribution in [3.63, 3.8) is 0 Å². The minimum absolute atomic E-state index is 0.0397. The van der Waals surface area contributed by atoms with Crippen LogP contribution in [0.3, 0.4) is 0 Å². The molecule has 0 spiro atoms. The van der Waals surface area contributed by atoms with Crippen molar-refractivity contribution in [1.29, 1.82) is 0 Å². The summed E-state index contributed by atoms with van der Waals surface area (Å²) in [5, 5.41) is 17.6. The van der Waals surface area contributed by atoms with E-state index in [1.54, 1.807) is 12.1 Å². The number of aliphatic hydroxyl groups is 1. The lowest BCUT2D eigenvalue weighted by atomic mass is 9.92. The SMILES string of the molecule is Cc1ccccc1CCC(=O)C1N(C(=O)[C@@H](O)C(Cc2ccccc2)NC(=O)NCc2ccc(Cl)cc2)CSC1(C)C. The first kappa shape index (κ1) is 31.6. The number of halogens is 1. The zero-order chi connectivity index (χ0) is 30.3. The number of carbonyl (C=O) groups is 3. The van der Waals surface area contributed by atoms with Crippen molar-refractivity contribution in [3.8, 4) is 0 Å². The molecule has 0 aromatic heterocycles. The van der Waals surface area contributed by atoms with Crippen molar-refractivity contribution >= 4 is 41.1 Å². The van der Waals surface area contributed by atoms with Gasteiger partial charge in [0.2, 0.25) is 0 Å². The van der Waals surface area contributed by atoms with Crippen LogP contribution in [0.2, 0.25) is 5.02 Å². The van der Waals surface area contributed by atoms with Crippen molar-refractivity contribution in [3.05, 3.63) is 106 Å². The van der Waals surface area contributed by atoms with Gasteiger partial charge in [-0.25, -0.2) is 4.79 Å². The number of thioether (sulfide) groups is 1. The van der Waals surface area contributed by atoms with E-state index >= 15 is 0 Å². The van der Waals surface area contributed by atoms with E-state index in [1.807, 2.05) is 87.5 Å². The summed E-state index contributed by atoms with van der Waals surface area (Å²) in [6.07, 6.45) is -0.441. The molecule has 222 valence electrons. The van der Waals surface area contributed by atoms with Crippen LogP contribution >= 0.6 is 23.4 Å². The molecule has 3 atom stereocenters. The molecule has 1 saturated heterocycles. The fourth-order valence-corrected chi connectivity index (χ4v) is 6.55. The van der Waals surface area contributed by atoms with Crippen LogP contribution in [0.25, 0.3) is 0 Å². The fourth-order valence-electron chi connectivity index (χ4n) is 5.26. The van der Waals surface area contributed by atoms with Crippen LogP contribution in [0.1, 0.15) is 42.5 Å². The molecule has 3 aromatic carbocycles. The highest BCUT2D eigenvalue weighted by Crippen LogP contribution is 2.40. The van der Waals surface area contributed by atoms with Gasteiger partial charge >= 0.3 is 6.03 Å². The molecule has 3 amide bonds. The van der Waals surface area contributed by atoms with Gasteiger partial charge in [-0.05, 0) is 68.0 Å².